The minimum Gasteiger partial charge on any atom is -0.496 e. The van der Waals surface area contributed by atoms with Crippen molar-refractivity contribution in [1.82, 2.24) is 9.99 Å². The predicted octanol–water partition coefficient (Wildman–Crippen LogP) is 4.76. The first kappa shape index (κ1) is 18.1. The molecule has 0 aliphatic rings. The number of ether oxygens (including phenoxy) is 1. The van der Waals surface area contributed by atoms with E-state index >= 15 is 0 Å². The van der Waals surface area contributed by atoms with Crippen LogP contribution in [-0.4, -0.2) is 23.8 Å². The number of hydrogen-bond acceptors (Lipinski definition) is 3. The lowest BCUT2D eigenvalue weighted by atomic mass is 10.1. The maximum Gasteiger partial charge on any atom is 0.275 e. The minimum atomic E-state index is -0.387. The number of hydrogen-bond donors (Lipinski definition) is 1. The Labute approximate surface area is 167 Å². The number of halogens is 1. The Morgan fingerprint density at radius 1 is 1.07 bits per heavy atom. The van der Waals surface area contributed by atoms with E-state index in [1.165, 1.54) is 18.0 Å². The second kappa shape index (κ2) is 7.37. The molecule has 0 spiro atoms. The van der Waals surface area contributed by atoms with E-state index in [1.54, 1.807) is 24.4 Å². The van der Waals surface area contributed by atoms with Crippen LogP contribution in [0.4, 0.5) is 0 Å². The fourth-order valence-electron chi connectivity index (χ4n) is 3.35. The van der Waals surface area contributed by atoms with Gasteiger partial charge in [0.25, 0.3) is 5.91 Å². The number of benzene rings is 3. The van der Waals surface area contributed by atoms with Gasteiger partial charge in [-0.2, -0.15) is 5.10 Å². The van der Waals surface area contributed by atoms with Crippen molar-refractivity contribution in [3.8, 4) is 5.75 Å². The van der Waals surface area contributed by atoms with Crippen LogP contribution in [0.15, 0.2) is 65.8 Å². The molecule has 4 aromatic rings. The fourth-order valence-corrected chi connectivity index (χ4v) is 3.52. The van der Waals surface area contributed by atoms with Crippen molar-refractivity contribution < 1.29 is 9.53 Å². The smallest absolute Gasteiger partial charge is 0.275 e. The fraction of sp³-hybridized carbons (Fsp3) is 0.0909. The molecule has 0 aliphatic carbocycles. The van der Waals surface area contributed by atoms with Gasteiger partial charge in [0.1, 0.15) is 5.75 Å². The van der Waals surface area contributed by atoms with Crippen LogP contribution >= 0.6 is 11.6 Å². The summed E-state index contributed by atoms with van der Waals surface area (Å²) in [5.74, 6) is 0.0520. The molecule has 0 atom stereocenters. The predicted molar refractivity (Wildman–Crippen MR) is 113 cm³/mol. The number of carbonyl (C=O) groups is 1. The lowest BCUT2D eigenvalue weighted by molar-refractivity contribution is 0.0952. The van der Waals surface area contributed by atoms with Crippen molar-refractivity contribution in [2.45, 2.75) is 0 Å². The number of methoxy groups -OCH3 is 1. The van der Waals surface area contributed by atoms with E-state index < -0.39 is 0 Å². The first-order valence-corrected chi connectivity index (χ1v) is 9.10. The SMILES string of the molecule is COc1ccc(Cl)cc1C(=O)N/N=C/c1ccc2c(c1)c1ccccc1n2C. The number of rotatable bonds is 4. The van der Waals surface area contributed by atoms with Gasteiger partial charge < -0.3 is 9.30 Å². The molecule has 0 saturated carbocycles. The maximum absolute atomic E-state index is 12.4. The summed E-state index contributed by atoms with van der Waals surface area (Å²) in [6.45, 7) is 0. The Bertz CT molecular complexity index is 1230. The third kappa shape index (κ3) is 3.21. The van der Waals surface area contributed by atoms with E-state index in [9.17, 15) is 4.79 Å². The molecule has 3 aromatic carbocycles. The zero-order valence-electron chi connectivity index (χ0n) is 15.4. The molecule has 0 bridgehead atoms. The molecule has 28 heavy (non-hydrogen) atoms. The van der Waals surface area contributed by atoms with Gasteiger partial charge in [-0.05, 0) is 42.0 Å². The quantitative estimate of drug-likeness (QED) is 0.403. The van der Waals surface area contributed by atoms with Crippen LogP contribution in [0.3, 0.4) is 0 Å². The Balaban J connectivity index is 1.60. The van der Waals surface area contributed by atoms with Crippen LogP contribution in [0, 0.1) is 0 Å². The number of carbonyl (C=O) groups excluding carboxylic acids is 1. The molecule has 0 fully saturated rings. The molecule has 1 heterocycles. The molecule has 140 valence electrons. The summed E-state index contributed by atoms with van der Waals surface area (Å²) in [6, 6.07) is 19.2. The minimum absolute atomic E-state index is 0.330. The van der Waals surface area contributed by atoms with Crippen LogP contribution < -0.4 is 10.2 Å². The molecule has 0 unspecified atom stereocenters. The van der Waals surface area contributed by atoms with Crippen LogP contribution in [0.2, 0.25) is 5.02 Å². The van der Waals surface area contributed by atoms with Gasteiger partial charge in [0.2, 0.25) is 0 Å². The zero-order valence-corrected chi connectivity index (χ0v) is 16.2. The normalized spacial score (nSPS) is 11.4. The van der Waals surface area contributed by atoms with Crippen LogP contribution in [-0.2, 0) is 7.05 Å². The molecule has 6 heteroatoms. The second-order valence-electron chi connectivity index (χ2n) is 6.40. The number of aromatic nitrogens is 1. The van der Waals surface area contributed by atoms with E-state index in [1.807, 2.05) is 18.2 Å². The number of para-hydroxylation sites is 1. The van der Waals surface area contributed by atoms with Gasteiger partial charge in [-0.1, -0.05) is 35.9 Å². The van der Waals surface area contributed by atoms with Crippen molar-refractivity contribution in [2.24, 2.45) is 12.1 Å². The Hall–Kier alpha value is -3.31. The highest BCUT2D eigenvalue weighted by molar-refractivity contribution is 6.31. The largest absolute Gasteiger partial charge is 0.496 e. The van der Waals surface area contributed by atoms with Crippen LogP contribution in [0.1, 0.15) is 15.9 Å². The molecular weight excluding hydrogens is 374 g/mol. The summed E-state index contributed by atoms with van der Waals surface area (Å²) < 4.78 is 7.37. The summed E-state index contributed by atoms with van der Waals surface area (Å²) in [5.41, 5.74) is 6.07. The summed E-state index contributed by atoms with van der Waals surface area (Å²) in [7, 11) is 3.56. The highest BCUT2D eigenvalue weighted by atomic mass is 35.5. The van der Waals surface area contributed by atoms with Crippen molar-refractivity contribution in [2.75, 3.05) is 7.11 Å². The van der Waals surface area contributed by atoms with Gasteiger partial charge in [-0.15, -0.1) is 0 Å². The van der Waals surface area contributed by atoms with Crippen molar-refractivity contribution in [3.63, 3.8) is 0 Å². The number of hydrazone groups is 1. The first-order valence-electron chi connectivity index (χ1n) is 8.72. The Kier molecular flexibility index (Phi) is 4.75. The van der Waals surface area contributed by atoms with Crippen molar-refractivity contribution >= 4 is 45.5 Å². The van der Waals surface area contributed by atoms with Gasteiger partial charge in [-0.25, -0.2) is 5.43 Å². The summed E-state index contributed by atoms with van der Waals surface area (Å²) in [4.78, 5) is 12.4. The van der Waals surface area contributed by atoms with E-state index in [0.29, 0.717) is 16.3 Å². The summed E-state index contributed by atoms with van der Waals surface area (Å²) >= 11 is 5.98. The second-order valence-corrected chi connectivity index (χ2v) is 6.83. The highest BCUT2D eigenvalue weighted by Gasteiger charge is 2.12. The molecule has 0 radical (unpaired) electrons. The molecule has 4 rings (SSSR count). The highest BCUT2D eigenvalue weighted by Crippen LogP contribution is 2.28. The standard InChI is InChI=1S/C22H18ClN3O2/c1-26-19-6-4-3-5-16(19)17-11-14(7-9-20(17)26)13-24-25-22(27)18-12-15(23)8-10-21(18)28-2/h3-13H,1-2H3,(H,25,27)/b24-13+. The maximum atomic E-state index is 12.4. The lowest BCUT2D eigenvalue weighted by Crippen LogP contribution is -2.18. The number of nitrogens with one attached hydrogen (secondary N) is 1. The number of nitrogens with zero attached hydrogens (tertiary/aromatic N) is 2. The van der Waals surface area contributed by atoms with Gasteiger partial charge >= 0.3 is 0 Å². The van der Waals surface area contributed by atoms with Crippen LogP contribution in [0.25, 0.3) is 21.8 Å². The average Bonchev–Trinajstić information content (AvgIpc) is 3.00. The number of aryl methyl sites for hydroxylation is 1. The van der Waals surface area contributed by atoms with E-state index in [-0.39, 0.29) is 5.91 Å². The summed E-state index contributed by atoms with van der Waals surface area (Å²) in [5, 5.41) is 6.87. The molecular formula is C22H18ClN3O2. The van der Waals surface area contributed by atoms with Crippen molar-refractivity contribution in [1.29, 1.82) is 0 Å². The third-order valence-electron chi connectivity index (χ3n) is 4.72. The topological polar surface area (TPSA) is 55.6 Å². The molecule has 1 N–H and O–H groups in total. The summed E-state index contributed by atoms with van der Waals surface area (Å²) in [6.07, 6.45) is 1.62. The van der Waals surface area contributed by atoms with E-state index in [0.717, 1.165) is 16.5 Å². The molecule has 5 nitrogen and oxygen atoms in total. The molecule has 0 aliphatic heterocycles. The van der Waals surface area contributed by atoms with Gasteiger partial charge in [0, 0.05) is 33.9 Å². The monoisotopic (exact) mass is 391 g/mol. The molecule has 1 aromatic heterocycles. The van der Waals surface area contributed by atoms with Gasteiger partial charge in [0.05, 0.1) is 18.9 Å². The van der Waals surface area contributed by atoms with Crippen LogP contribution in [0.5, 0.6) is 5.75 Å². The zero-order chi connectivity index (χ0) is 19.7. The molecule has 1 amide bonds. The average molecular weight is 392 g/mol. The molecule has 0 saturated heterocycles. The lowest BCUT2D eigenvalue weighted by Gasteiger charge is -2.07. The Morgan fingerprint density at radius 2 is 1.86 bits per heavy atom. The van der Waals surface area contributed by atoms with E-state index in [4.69, 9.17) is 16.3 Å². The van der Waals surface area contributed by atoms with Gasteiger partial charge in [-0.3, -0.25) is 4.79 Å². The third-order valence-corrected chi connectivity index (χ3v) is 4.96. The van der Waals surface area contributed by atoms with Crippen molar-refractivity contribution in [3.05, 3.63) is 76.8 Å². The van der Waals surface area contributed by atoms with E-state index in [2.05, 4.69) is 46.4 Å². The number of fused-ring (bicyclic) bond motifs is 3. The van der Waals surface area contributed by atoms with Gasteiger partial charge in [0.15, 0.2) is 0 Å². The Morgan fingerprint density at radius 3 is 2.68 bits per heavy atom. The first-order chi connectivity index (χ1) is 13.6. The number of amides is 1.